The van der Waals surface area contributed by atoms with E-state index in [1.807, 2.05) is 30.3 Å². The summed E-state index contributed by atoms with van der Waals surface area (Å²) in [6, 6.07) is 13.7. The molecule has 39 heavy (non-hydrogen) atoms. The highest BCUT2D eigenvalue weighted by Gasteiger charge is 2.47. The van der Waals surface area contributed by atoms with E-state index < -0.39 is 11.3 Å². The Morgan fingerprint density at radius 3 is 2.59 bits per heavy atom. The number of hydrogen-bond donors (Lipinski definition) is 3. The van der Waals surface area contributed by atoms with Crippen LogP contribution in [0.3, 0.4) is 0 Å². The van der Waals surface area contributed by atoms with E-state index in [-0.39, 0.29) is 29.9 Å². The number of urea groups is 1. The zero-order chi connectivity index (χ0) is 26.9. The lowest BCUT2D eigenvalue weighted by Crippen LogP contribution is -2.50. The minimum atomic E-state index is -0.559. The molecule has 4 unspecified atom stereocenters. The Balaban J connectivity index is 1.18. The number of anilines is 2. The summed E-state index contributed by atoms with van der Waals surface area (Å²) < 4.78 is 5.82. The van der Waals surface area contributed by atoms with Crippen LogP contribution in [0.15, 0.2) is 78.6 Å². The summed E-state index contributed by atoms with van der Waals surface area (Å²) in [5, 5.41) is 9.15. The lowest BCUT2D eigenvalue weighted by Gasteiger charge is -2.33. The summed E-state index contributed by atoms with van der Waals surface area (Å²) in [6.45, 7) is 3.48. The minimum Gasteiger partial charge on any atom is -0.456 e. The molecule has 4 heterocycles. The number of para-hydroxylation sites is 1. The second kappa shape index (κ2) is 10.4. The fraction of sp³-hybridized carbons (Fsp3) is 0.250. The first-order valence-electron chi connectivity index (χ1n) is 12.7. The number of carbonyl (C=O) groups excluding carboxylic acids is 3. The van der Waals surface area contributed by atoms with Gasteiger partial charge in [0.15, 0.2) is 0 Å². The van der Waals surface area contributed by atoms with Crippen LogP contribution in [0.5, 0.6) is 11.5 Å². The molecular formula is C28H26N6O4S. The Hall–Kier alpha value is -4.38. The van der Waals surface area contributed by atoms with Crippen LogP contribution in [0, 0.1) is 0 Å². The van der Waals surface area contributed by atoms with Gasteiger partial charge in [-0.25, -0.2) is 19.7 Å². The Bertz CT molecular complexity index is 1430. The zero-order valence-electron chi connectivity index (χ0n) is 20.9. The van der Waals surface area contributed by atoms with Crippen molar-refractivity contribution in [2.45, 2.75) is 47.7 Å². The van der Waals surface area contributed by atoms with Crippen LogP contribution in [0.25, 0.3) is 0 Å². The maximum Gasteiger partial charge on any atom is 0.328 e. The largest absolute Gasteiger partial charge is 0.456 e. The van der Waals surface area contributed by atoms with Gasteiger partial charge in [-0.1, -0.05) is 36.5 Å². The molecule has 11 heteroatoms. The van der Waals surface area contributed by atoms with Gasteiger partial charge >= 0.3 is 6.03 Å². The number of carbonyl (C=O) groups is 3. The van der Waals surface area contributed by atoms with Crippen LogP contribution >= 0.6 is 11.8 Å². The van der Waals surface area contributed by atoms with Gasteiger partial charge in [0.2, 0.25) is 11.8 Å². The molecule has 1 fully saturated rings. The molecule has 1 aromatic carbocycles. The number of ether oxygens (including phenoxy) is 1. The third kappa shape index (κ3) is 4.92. The van der Waals surface area contributed by atoms with Crippen LogP contribution in [0.4, 0.5) is 16.3 Å². The molecule has 198 valence electrons. The van der Waals surface area contributed by atoms with Crippen molar-refractivity contribution in [3.63, 3.8) is 0 Å². The van der Waals surface area contributed by atoms with E-state index in [1.54, 1.807) is 30.6 Å². The number of benzene rings is 1. The molecular weight excluding hydrogens is 516 g/mol. The van der Waals surface area contributed by atoms with Gasteiger partial charge in [0.1, 0.15) is 27.6 Å². The number of aromatic nitrogens is 2. The Morgan fingerprint density at radius 1 is 1.05 bits per heavy atom. The predicted octanol–water partition coefficient (Wildman–Crippen LogP) is 3.99. The standard InChI is InChI=1S/C28H26N6O4S/c1-2-22(35)31-16-8-9-17(14-16)32-26(36)25-24-23-20(12-13-29-27(23)39-25)34(28(37)33-24)21-11-10-19(15-30-21)38-18-6-4-3-5-7-18/h2-7,10-13,15-17,24-25H,1,8-9,14H2,(H,31,35)(H,32,36)(H,33,37). The monoisotopic (exact) mass is 542 g/mol. The molecule has 1 saturated carbocycles. The highest BCUT2D eigenvalue weighted by molar-refractivity contribution is 8.01. The fourth-order valence-electron chi connectivity index (χ4n) is 5.23. The van der Waals surface area contributed by atoms with Crippen molar-refractivity contribution < 1.29 is 19.1 Å². The van der Waals surface area contributed by atoms with Crippen molar-refractivity contribution in [3.05, 3.63) is 79.1 Å². The first-order chi connectivity index (χ1) is 19.0. The molecule has 3 aliphatic rings. The fourth-order valence-corrected chi connectivity index (χ4v) is 6.47. The topological polar surface area (TPSA) is 126 Å². The van der Waals surface area contributed by atoms with Crippen LogP contribution in [-0.4, -0.2) is 45.1 Å². The van der Waals surface area contributed by atoms with Gasteiger partial charge in [-0.2, -0.15) is 0 Å². The van der Waals surface area contributed by atoms with E-state index in [4.69, 9.17) is 4.74 Å². The molecule has 4 amide bonds. The van der Waals surface area contributed by atoms with Crippen molar-refractivity contribution >= 4 is 41.1 Å². The molecule has 2 aliphatic heterocycles. The summed E-state index contributed by atoms with van der Waals surface area (Å²) >= 11 is 1.34. The average Bonchev–Trinajstić information content (AvgIpc) is 3.55. The van der Waals surface area contributed by atoms with Gasteiger partial charge in [0, 0.05) is 23.8 Å². The van der Waals surface area contributed by atoms with Crippen molar-refractivity contribution in [1.29, 1.82) is 0 Å². The number of amides is 4. The van der Waals surface area contributed by atoms with Crippen LogP contribution in [0.2, 0.25) is 0 Å². The number of nitrogens with one attached hydrogen (secondary N) is 3. The SMILES string of the molecule is C=CC(=O)NC1CCC(NC(=O)C2Sc3nccc4c3C2NC(=O)N4c2ccc(Oc3ccccc3)cn2)C1. The summed E-state index contributed by atoms with van der Waals surface area (Å²) in [4.78, 5) is 48.8. The Morgan fingerprint density at radius 2 is 1.85 bits per heavy atom. The lowest BCUT2D eigenvalue weighted by molar-refractivity contribution is -0.121. The van der Waals surface area contributed by atoms with E-state index in [0.717, 1.165) is 18.4 Å². The summed E-state index contributed by atoms with van der Waals surface area (Å²) in [5.41, 5.74) is 1.45. The Kier molecular flexibility index (Phi) is 6.65. The second-order valence-electron chi connectivity index (χ2n) is 9.55. The molecule has 0 bridgehead atoms. The second-order valence-corrected chi connectivity index (χ2v) is 10.7. The van der Waals surface area contributed by atoms with E-state index in [1.165, 1.54) is 22.7 Å². The van der Waals surface area contributed by atoms with E-state index >= 15 is 0 Å². The molecule has 0 saturated heterocycles. The summed E-state index contributed by atoms with van der Waals surface area (Å²) in [5.74, 6) is 1.29. The third-order valence-corrected chi connectivity index (χ3v) is 8.29. The molecule has 10 nitrogen and oxygen atoms in total. The number of hydrogen-bond acceptors (Lipinski definition) is 7. The maximum absolute atomic E-state index is 13.4. The zero-order valence-corrected chi connectivity index (χ0v) is 21.7. The van der Waals surface area contributed by atoms with Crippen molar-refractivity contribution in [2.24, 2.45) is 0 Å². The third-order valence-electron chi connectivity index (χ3n) is 7.00. The van der Waals surface area contributed by atoms with Crippen molar-refractivity contribution in [3.8, 4) is 11.5 Å². The molecule has 6 rings (SSSR count). The first-order valence-corrected chi connectivity index (χ1v) is 13.6. The predicted molar refractivity (Wildman–Crippen MR) is 146 cm³/mol. The van der Waals surface area contributed by atoms with Gasteiger partial charge in [0.25, 0.3) is 0 Å². The quantitative estimate of drug-likeness (QED) is 0.386. The first kappa shape index (κ1) is 24.9. The van der Waals surface area contributed by atoms with Gasteiger partial charge in [-0.15, -0.1) is 0 Å². The van der Waals surface area contributed by atoms with Crippen LogP contribution < -0.4 is 25.6 Å². The lowest BCUT2D eigenvalue weighted by atomic mass is 10.00. The molecule has 0 radical (unpaired) electrons. The molecule has 1 aliphatic carbocycles. The minimum absolute atomic E-state index is 0.00224. The average molecular weight is 543 g/mol. The highest BCUT2D eigenvalue weighted by Crippen LogP contribution is 2.50. The summed E-state index contributed by atoms with van der Waals surface area (Å²) in [7, 11) is 0. The van der Waals surface area contributed by atoms with Gasteiger partial charge in [-0.05, 0) is 55.7 Å². The normalized spacial score (nSPS) is 23.0. The van der Waals surface area contributed by atoms with E-state index in [9.17, 15) is 14.4 Å². The van der Waals surface area contributed by atoms with Gasteiger partial charge in [-0.3, -0.25) is 9.59 Å². The summed E-state index contributed by atoms with van der Waals surface area (Å²) in [6.07, 6.45) is 6.66. The molecule has 3 aromatic rings. The van der Waals surface area contributed by atoms with Gasteiger partial charge in [0.05, 0.1) is 17.9 Å². The molecule has 3 N–H and O–H groups in total. The molecule has 2 aromatic heterocycles. The number of thioether (sulfide) groups is 1. The van der Waals surface area contributed by atoms with E-state index in [2.05, 4.69) is 32.5 Å². The Labute approximate surface area is 229 Å². The van der Waals surface area contributed by atoms with Crippen molar-refractivity contribution in [1.82, 2.24) is 25.9 Å². The maximum atomic E-state index is 13.4. The number of pyridine rings is 2. The number of nitrogens with zero attached hydrogens (tertiary/aromatic N) is 3. The highest BCUT2D eigenvalue weighted by atomic mass is 32.2. The molecule has 0 spiro atoms. The molecule has 4 atom stereocenters. The van der Waals surface area contributed by atoms with E-state index in [0.29, 0.717) is 34.5 Å². The van der Waals surface area contributed by atoms with Crippen LogP contribution in [-0.2, 0) is 9.59 Å². The number of rotatable bonds is 7. The van der Waals surface area contributed by atoms with Crippen molar-refractivity contribution in [2.75, 3.05) is 4.90 Å². The smallest absolute Gasteiger partial charge is 0.328 e. The van der Waals surface area contributed by atoms with Crippen LogP contribution in [0.1, 0.15) is 30.9 Å². The van der Waals surface area contributed by atoms with Gasteiger partial charge < -0.3 is 20.7 Å².